The van der Waals surface area contributed by atoms with Crippen molar-refractivity contribution < 1.29 is 18.4 Å². The van der Waals surface area contributed by atoms with Gasteiger partial charge in [-0.05, 0) is 36.2 Å². The highest BCUT2D eigenvalue weighted by molar-refractivity contribution is 6.31. The lowest BCUT2D eigenvalue weighted by atomic mass is 10.00. The Morgan fingerprint density at radius 1 is 1.12 bits per heavy atom. The van der Waals surface area contributed by atoms with Crippen LogP contribution >= 0.6 is 11.6 Å². The van der Waals surface area contributed by atoms with Crippen molar-refractivity contribution in [3.05, 3.63) is 64.7 Å². The lowest BCUT2D eigenvalue weighted by Crippen LogP contribution is -2.36. The number of halogens is 3. The van der Waals surface area contributed by atoms with Gasteiger partial charge in [-0.15, -0.1) is 0 Å². The number of rotatable bonds is 6. The third-order valence-corrected chi connectivity index (χ3v) is 3.85. The summed E-state index contributed by atoms with van der Waals surface area (Å²) in [5.41, 5.74) is 0.764. The number of carbonyl (C=O) groups excluding carboxylic acids is 2. The zero-order valence-electron chi connectivity index (χ0n) is 13.5. The third kappa shape index (κ3) is 5.53. The van der Waals surface area contributed by atoms with Crippen molar-refractivity contribution in [2.24, 2.45) is 5.92 Å². The molecule has 132 valence electrons. The molecule has 2 N–H and O–H groups in total. The summed E-state index contributed by atoms with van der Waals surface area (Å²) < 4.78 is 26.7. The van der Waals surface area contributed by atoms with E-state index in [4.69, 9.17) is 11.6 Å². The van der Waals surface area contributed by atoms with Crippen molar-refractivity contribution in [1.82, 2.24) is 5.32 Å². The van der Waals surface area contributed by atoms with Crippen LogP contribution in [0.5, 0.6) is 0 Å². The summed E-state index contributed by atoms with van der Waals surface area (Å²) in [5.74, 6) is -2.29. The van der Waals surface area contributed by atoms with E-state index in [2.05, 4.69) is 10.6 Å². The zero-order valence-corrected chi connectivity index (χ0v) is 14.2. The summed E-state index contributed by atoms with van der Waals surface area (Å²) in [7, 11) is 0. The molecule has 1 atom stereocenters. The topological polar surface area (TPSA) is 58.2 Å². The Balaban J connectivity index is 1.83. The highest BCUT2D eigenvalue weighted by atomic mass is 35.5. The van der Waals surface area contributed by atoms with Crippen molar-refractivity contribution in [3.63, 3.8) is 0 Å². The van der Waals surface area contributed by atoms with Crippen LogP contribution in [-0.4, -0.2) is 18.4 Å². The van der Waals surface area contributed by atoms with Crippen molar-refractivity contribution in [1.29, 1.82) is 0 Å². The van der Waals surface area contributed by atoms with Crippen LogP contribution in [0.1, 0.15) is 12.5 Å². The van der Waals surface area contributed by atoms with E-state index >= 15 is 0 Å². The Bertz CT molecular complexity index is 783. The molecule has 0 aromatic heterocycles. The van der Waals surface area contributed by atoms with E-state index in [0.29, 0.717) is 11.3 Å². The Morgan fingerprint density at radius 3 is 2.52 bits per heavy atom. The normalized spacial score (nSPS) is 11.7. The first-order valence-corrected chi connectivity index (χ1v) is 8.00. The summed E-state index contributed by atoms with van der Waals surface area (Å²) in [5, 5.41) is 4.88. The molecule has 0 aliphatic carbocycles. The Kier molecular flexibility index (Phi) is 6.47. The van der Waals surface area contributed by atoms with Crippen LogP contribution in [0.3, 0.4) is 0 Å². The molecule has 0 radical (unpaired) electrons. The fraction of sp³-hybridized carbons (Fsp3) is 0.222. The number of carbonyl (C=O) groups is 2. The van der Waals surface area contributed by atoms with Gasteiger partial charge in [0.05, 0.1) is 11.6 Å². The van der Waals surface area contributed by atoms with Crippen molar-refractivity contribution in [2.75, 3.05) is 11.9 Å². The summed E-state index contributed by atoms with van der Waals surface area (Å²) >= 11 is 5.63. The number of hydrogen-bond donors (Lipinski definition) is 2. The van der Waals surface area contributed by atoms with Crippen LogP contribution in [-0.2, 0) is 16.0 Å². The second-order valence-corrected chi connectivity index (χ2v) is 6.00. The lowest BCUT2D eigenvalue weighted by molar-refractivity contribution is -0.126. The average Bonchev–Trinajstić information content (AvgIpc) is 2.58. The van der Waals surface area contributed by atoms with Gasteiger partial charge in [-0.1, -0.05) is 36.7 Å². The molecule has 1 unspecified atom stereocenters. The number of benzene rings is 2. The van der Waals surface area contributed by atoms with Gasteiger partial charge in [-0.2, -0.15) is 0 Å². The lowest BCUT2D eigenvalue weighted by Gasteiger charge is -2.13. The van der Waals surface area contributed by atoms with Gasteiger partial charge in [0.2, 0.25) is 11.8 Å². The maximum atomic E-state index is 13.6. The van der Waals surface area contributed by atoms with Gasteiger partial charge >= 0.3 is 0 Å². The van der Waals surface area contributed by atoms with Crippen molar-refractivity contribution in [3.8, 4) is 0 Å². The van der Waals surface area contributed by atoms with Crippen LogP contribution in [0.15, 0.2) is 42.5 Å². The smallest absolute Gasteiger partial charge is 0.243 e. The van der Waals surface area contributed by atoms with Gasteiger partial charge in [0.15, 0.2) is 0 Å². The molecule has 25 heavy (non-hydrogen) atoms. The van der Waals surface area contributed by atoms with Crippen LogP contribution in [0.2, 0.25) is 5.02 Å². The molecule has 2 amide bonds. The van der Waals surface area contributed by atoms with E-state index in [-0.39, 0.29) is 29.7 Å². The quantitative estimate of drug-likeness (QED) is 0.821. The maximum Gasteiger partial charge on any atom is 0.243 e. The molecule has 7 heteroatoms. The fourth-order valence-electron chi connectivity index (χ4n) is 2.21. The third-order valence-electron chi connectivity index (χ3n) is 3.56. The molecule has 4 nitrogen and oxygen atoms in total. The monoisotopic (exact) mass is 366 g/mol. The minimum atomic E-state index is -0.588. The summed E-state index contributed by atoms with van der Waals surface area (Å²) in [6.45, 7) is 1.40. The van der Waals surface area contributed by atoms with E-state index in [0.717, 1.165) is 6.07 Å². The van der Waals surface area contributed by atoms with Gasteiger partial charge in [0, 0.05) is 11.6 Å². The van der Waals surface area contributed by atoms with Crippen LogP contribution in [0.25, 0.3) is 0 Å². The van der Waals surface area contributed by atoms with Crippen molar-refractivity contribution >= 4 is 29.1 Å². The molecule has 2 aromatic carbocycles. The van der Waals surface area contributed by atoms with Gasteiger partial charge in [-0.3, -0.25) is 9.59 Å². The average molecular weight is 367 g/mol. The van der Waals surface area contributed by atoms with E-state index in [9.17, 15) is 18.4 Å². The molecule has 0 saturated carbocycles. The highest BCUT2D eigenvalue weighted by Gasteiger charge is 2.16. The summed E-state index contributed by atoms with van der Waals surface area (Å²) in [6, 6.07) is 10.00. The van der Waals surface area contributed by atoms with Gasteiger partial charge in [-0.25, -0.2) is 8.78 Å². The van der Waals surface area contributed by atoms with E-state index in [1.807, 2.05) is 0 Å². The standard InChI is InChI=1S/C18H17ClF2N2O2/c1-11(8-12-4-2-3-5-15(12)20)18(25)22-10-17(24)23-13-6-7-16(21)14(19)9-13/h2-7,9,11H,8,10H2,1H3,(H,22,25)(H,23,24). The Morgan fingerprint density at radius 2 is 1.84 bits per heavy atom. The van der Waals surface area contributed by atoms with Gasteiger partial charge in [0.25, 0.3) is 0 Å². The molecule has 0 fully saturated rings. The molecule has 0 aliphatic heterocycles. The van der Waals surface area contributed by atoms with E-state index in [1.165, 1.54) is 18.2 Å². The SMILES string of the molecule is CC(Cc1ccccc1F)C(=O)NCC(=O)Nc1ccc(F)c(Cl)c1. The molecular formula is C18H17ClF2N2O2. The van der Waals surface area contributed by atoms with Gasteiger partial charge in [0.1, 0.15) is 11.6 Å². The van der Waals surface area contributed by atoms with Crippen LogP contribution in [0, 0.1) is 17.6 Å². The Hall–Kier alpha value is -2.47. The van der Waals surface area contributed by atoms with Gasteiger partial charge < -0.3 is 10.6 Å². The van der Waals surface area contributed by atoms with Crippen LogP contribution < -0.4 is 10.6 Å². The number of nitrogens with one attached hydrogen (secondary N) is 2. The second kappa shape index (κ2) is 8.58. The predicted molar refractivity (Wildman–Crippen MR) is 92.3 cm³/mol. The molecule has 2 aromatic rings. The number of hydrogen-bond acceptors (Lipinski definition) is 2. The predicted octanol–water partition coefficient (Wildman–Crippen LogP) is 3.55. The minimum Gasteiger partial charge on any atom is -0.347 e. The molecular weight excluding hydrogens is 350 g/mol. The number of amides is 2. The molecule has 0 heterocycles. The minimum absolute atomic E-state index is 0.111. The first-order valence-electron chi connectivity index (χ1n) is 7.63. The Labute approximate surface area is 149 Å². The summed E-state index contributed by atoms with van der Waals surface area (Å²) in [6.07, 6.45) is 0.230. The summed E-state index contributed by atoms with van der Waals surface area (Å²) in [4.78, 5) is 23.9. The maximum absolute atomic E-state index is 13.6. The molecule has 2 rings (SSSR count). The first-order chi connectivity index (χ1) is 11.9. The molecule has 0 saturated heterocycles. The largest absolute Gasteiger partial charge is 0.347 e. The molecule has 0 aliphatic rings. The number of anilines is 1. The van der Waals surface area contributed by atoms with E-state index in [1.54, 1.807) is 25.1 Å². The molecule has 0 bridgehead atoms. The highest BCUT2D eigenvalue weighted by Crippen LogP contribution is 2.19. The second-order valence-electron chi connectivity index (χ2n) is 5.59. The molecule has 0 spiro atoms. The zero-order chi connectivity index (χ0) is 18.4. The van der Waals surface area contributed by atoms with Crippen LogP contribution in [0.4, 0.5) is 14.5 Å². The van der Waals surface area contributed by atoms with Crippen molar-refractivity contribution in [2.45, 2.75) is 13.3 Å². The fourth-order valence-corrected chi connectivity index (χ4v) is 2.39. The first kappa shape index (κ1) is 18.9. The van der Waals surface area contributed by atoms with E-state index < -0.39 is 17.6 Å².